The van der Waals surface area contributed by atoms with E-state index in [1.807, 2.05) is 0 Å². The van der Waals surface area contributed by atoms with Crippen molar-refractivity contribution >= 4 is 0 Å². The van der Waals surface area contributed by atoms with Gasteiger partial charge in [0, 0.05) is 6.54 Å². The van der Waals surface area contributed by atoms with E-state index in [-0.39, 0.29) is 6.04 Å². The van der Waals surface area contributed by atoms with Crippen LogP contribution in [0.25, 0.3) is 0 Å². The van der Waals surface area contributed by atoms with Gasteiger partial charge in [0.05, 0.1) is 19.3 Å². The average molecular weight is 145 g/mol. The van der Waals surface area contributed by atoms with Crippen molar-refractivity contribution in [3.63, 3.8) is 0 Å². The van der Waals surface area contributed by atoms with E-state index in [2.05, 4.69) is 6.92 Å². The summed E-state index contributed by atoms with van der Waals surface area (Å²) in [4.78, 5) is 0. The second-order valence-electron chi connectivity index (χ2n) is 2.68. The van der Waals surface area contributed by atoms with Crippen LogP contribution in [0.1, 0.15) is 19.8 Å². The molecule has 10 heavy (non-hydrogen) atoms. The first-order chi connectivity index (χ1) is 4.84. The summed E-state index contributed by atoms with van der Waals surface area (Å²) < 4.78 is 5.20. The Balaban J connectivity index is 2.25. The zero-order chi connectivity index (χ0) is 7.40. The van der Waals surface area contributed by atoms with Crippen LogP contribution in [0.4, 0.5) is 0 Å². The van der Waals surface area contributed by atoms with Gasteiger partial charge in [0.25, 0.3) is 0 Å². The lowest BCUT2D eigenvalue weighted by atomic mass is 10.1. The summed E-state index contributed by atoms with van der Waals surface area (Å²) in [6.07, 6.45) is 2.13. The van der Waals surface area contributed by atoms with Gasteiger partial charge in [0.2, 0.25) is 0 Å². The van der Waals surface area contributed by atoms with Crippen LogP contribution in [0, 0.1) is 0 Å². The van der Waals surface area contributed by atoms with Gasteiger partial charge in [-0.2, -0.15) is 5.06 Å². The summed E-state index contributed by atoms with van der Waals surface area (Å²) >= 11 is 0. The van der Waals surface area contributed by atoms with Crippen LogP contribution >= 0.6 is 0 Å². The van der Waals surface area contributed by atoms with Crippen LogP contribution in [0.3, 0.4) is 0 Å². The van der Waals surface area contributed by atoms with Gasteiger partial charge in [0.15, 0.2) is 0 Å². The molecule has 3 nitrogen and oxygen atoms in total. The highest BCUT2D eigenvalue weighted by Gasteiger charge is 2.19. The second kappa shape index (κ2) is 3.91. The average Bonchev–Trinajstić information content (AvgIpc) is 1.94. The highest BCUT2D eigenvalue weighted by Crippen LogP contribution is 2.08. The Morgan fingerprint density at radius 3 is 3.10 bits per heavy atom. The van der Waals surface area contributed by atoms with Gasteiger partial charge in [0.1, 0.15) is 0 Å². The van der Waals surface area contributed by atoms with Gasteiger partial charge >= 0.3 is 0 Å². The molecule has 1 aliphatic heterocycles. The minimum absolute atomic E-state index is 0.235. The van der Waals surface area contributed by atoms with Crippen molar-refractivity contribution < 1.29 is 9.94 Å². The molecule has 1 atom stereocenters. The molecular weight excluding hydrogens is 130 g/mol. The SMILES string of the molecule is CCCC1COCCN1O. The molecule has 0 aromatic rings. The quantitative estimate of drug-likeness (QED) is 0.626. The van der Waals surface area contributed by atoms with Gasteiger partial charge in [-0.3, -0.25) is 0 Å². The molecule has 0 aromatic carbocycles. The van der Waals surface area contributed by atoms with E-state index in [1.165, 1.54) is 5.06 Å². The van der Waals surface area contributed by atoms with Gasteiger partial charge in [-0.1, -0.05) is 13.3 Å². The summed E-state index contributed by atoms with van der Waals surface area (Å²) in [5, 5.41) is 10.6. The Bertz CT molecular complexity index is 95.6. The number of hydrogen-bond donors (Lipinski definition) is 1. The Hall–Kier alpha value is -0.120. The summed E-state index contributed by atoms with van der Waals surface area (Å²) in [5.74, 6) is 0. The minimum atomic E-state index is 0.235. The first kappa shape index (κ1) is 7.98. The van der Waals surface area contributed by atoms with Crippen molar-refractivity contribution in [2.45, 2.75) is 25.8 Å². The van der Waals surface area contributed by atoms with Crippen molar-refractivity contribution in [2.24, 2.45) is 0 Å². The maximum Gasteiger partial charge on any atom is 0.0645 e. The fraction of sp³-hybridized carbons (Fsp3) is 1.00. The van der Waals surface area contributed by atoms with Crippen LogP contribution in [-0.4, -0.2) is 36.1 Å². The van der Waals surface area contributed by atoms with E-state index in [0.29, 0.717) is 19.8 Å². The van der Waals surface area contributed by atoms with Crippen LogP contribution in [0.5, 0.6) is 0 Å². The molecule has 3 heteroatoms. The molecule has 1 N–H and O–H groups in total. The fourth-order valence-corrected chi connectivity index (χ4v) is 1.21. The summed E-state index contributed by atoms with van der Waals surface area (Å²) in [6.45, 7) is 4.12. The van der Waals surface area contributed by atoms with Crippen molar-refractivity contribution in [3.05, 3.63) is 0 Å². The molecule has 1 unspecified atom stereocenters. The third-order valence-corrected chi connectivity index (χ3v) is 1.82. The Morgan fingerprint density at radius 1 is 1.70 bits per heavy atom. The molecule has 0 radical (unpaired) electrons. The first-order valence-corrected chi connectivity index (χ1v) is 3.88. The Morgan fingerprint density at radius 2 is 2.50 bits per heavy atom. The number of hydroxylamine groups is 2. The van der Waals surface area contributed by atoms with Gasteiger partial charge in [-0.15, -0.1) is 0 Å². The third-order valence-electron chi connectivity index (χ3n) is 1.82. The van der Waals surface area contributed by atoms with E-state index in [1.54, 1.807) is 0 Å². The molecule has 0 aromatic heterocycles. The van der Waals surface area contributed by atoms with E-state index in [0.717, 1.165) is 12.8 Å². The first-order valence-electron chi connectivity index (χ1n) is 3.88. The van der Waals surface area contributed by atoms with Gasteiger partial charge in [-0.05, 0) is 6.42 Å². The topological polar surface area (TPSA) is 32.7 Å². The highest BCUT2D eigenvalue weighted by molar-refractivity contribution is 4.67. The molecular formula is C7H15NO2. The molecule has 1 fully saturated rings. The van der Waals surface area contributed by atoms with Crippen molar-refractivity contribution in [3.8, 4) is 0 Å². The number of nitrogens with zero attached hydrogens (tertiary/aromatic N) is 1. The van der Waals surface area contributed by atoms with E-state index < -0.39 is 0 Å². The summed E-state index contributed by atoms with van der Waals surface area (Å²) in [7, 11) is 0. The maximum absolute atomic E-state index is 9.25. The van der Waals surface area contributed by atoms with Crippen LogP contribution in [0.2, 0.25) is 0 Å². The van der Waals surface area contributed by atoms with E-state index in [9.17, 15) is 5.21 Å². The molecule has 1 rings (SSSR count). The van der Waals surface area contributed by atoms with Crippen LogP contribution < -0.4 is 0 Å². The zero-order valence-corrected chi connectivity index (χ0v) is 6.42. The number of rotatable bonds is 2. The molecule has 0 saturated carbocycles. The summed E-state index contributed by atoms with van der Waals surface area (Å²) in [6, 6.07) is 0.235. The second-order valence-corrected chi connectivity index (χ2v) is 2.68. The largest absolute Gasteiger partial charge is 0.378 e. The van der Waals surface area contributed by atoms with E-state index >= 15 is 0 Å². The molecule has 60 valence electrons. The standard InChI is InChI=1S/C7H15NO2/c1-2-3-7-6-10-5-4-8(7)9/h7,9H,2-6H2,1H3. The molecule has 0 spiro atoms. The summed E-state index contributed by atoms with van der Waals surface area (Å²) in [5.41, 5.74) is 0. The lowest BCUT2D eigenvalue weighted by Crippen LogP contribution is -2.42. The van der Waals surface area contributed by atoms with Crippen molar-refractivity contribution in [1.29, 1.82) is 0 Å². The van der Waals surface area contributed by atoms with Crippen LogP contribution in [-0.2, 0) is 4.74 Å². The predicted molar refractivity (Wildman–Crippen MR) is 38.0 cm³/mol. The molecule has 1 heterocycles. The maximum atomic E-state index is 9.25. The lowest BCUT2D eigenvalue weighted by molar-refractivity contribution is -0.182. The van der Waals surface area contributed by atoms with Gasteiger partial charge < -0.3 is 9.94 Å². The van der Waals surface area contributed by atoms with Crippen molar-refractivity contribution in [2.75, 3.05) is 19.8 Å². The molecule has 0 amide bonds. The van der Waals surface area contributed by atoms with Crippen LogP contribution in [0.15, 0.2) is 0 Å². The van der Waals surface area contributed by atoms with Crippen molar-refractivity contribution in [1.82, 2.24) is 5.06 Å². The third kappa shape index (κ3) is 1.94. The Kier molecular flexibility index (Phi) is 3.12. The monoisotopic (exact) mass is 145 g/mol. The number of ether oxygens (including phenoxy) is 1. The normalized spacial score (nSPS) is 28.8. The molecule has 1 aliphatic rings. The smallest absolute Gasteiger partial charge is 0.0645 e. The molecule has 0 aliphatic carbocycles. The van der Waals surface area contributed by atoms with Gasteiger partial charge in [-0.25, -0.2) is 0 Å². The minimum Gasteiger partial charge on any atom is -0.378 e. The number of hydrogen-bond acceptors (Lipinski definition) is 3. The predicted octanol–water partition coefficient (Wildman–Crippen LogP) is 0.877. The molecule has 1 saturated heterocycles. The lowest BCUT2D eigenvalue weighted by Gasteiger charge is -2.29. The van der Waals surface area contributed by atoms with E-state index in [4.69, 9.17) is 4.74 Å². The Labute approximate surface area is 61.5 Å². The zero-order valence-electron chi connectivity index (χ0n) is 6.42. The number of morpholine rings is 1. The molecule has 0 bridgehead atoms. The fourth-order valence-electron chi connectivity index (χ4n) is 1.21. The highest BCUT2D eigenvalue weighted by atomic mass is 16.5.